The lowest BCUT2D eigenvalue weighted by atomic mass is 9.99. The fourth-order valence-corrected chi connectivity index (χ4v) is 3.12. The summed E-state index contributed by atoms with van der Waals surface area (Å²) in [7, 11) is 0. The minimum atomic E-state index is 0.0296. The lowest BCUT2D eigenvalue weighted by molar-refractivity contribution is -0.116. The van der Waals surface area contributed by atoms with Gasteiger partial charge in [-0.2, -0.15) is 0 Å². The number of nitrogens with one attached hydrogen (secondary N) is 1. The van der Waals surface area contributed by atoms with Crippen LogP contribution in [0.5, 0.6) is 0 Å². The van der Waals surface area contributed by atoms with Crippen molar-refractivity contribution in [3.05, 3.63) is 53.7 Å². The summed E-state index contributed by atoms with van der Waals surface area (Å²) in [5.41, 5.74) is 3.19. The fourth-order valence-electron chi connectivity index (χ4n) is 3.12. The molecule has 0 radical (unpaired) electrons. The number of pyridine rings is 1. The molecule has 0 bridgehead atoms. The summed E-state index contributed by atoms with van der Waals surface area (Å²) in [6, 6.07) is 12.3. The smallest absolute Gasteiger partial charge is 0.224 e. The number of hydrogen-bond acceptors (Lipinski definition) is 3. The highest BCUT2D eigenvalue weighted by Crippen LogP contribution is 2.22. The van der Waals surface area contributed by atoms with Gasteiger partial charge in [-0.05, 0) is 49.8 Å². The lowest BCUT2D eigenvalue weighted by Crippen LogP contribution is -2.33. The van der Waals surface area contributed by atoms with Crippen LogP contribution in [0.3, 0.4) is 0 Å². The molecule has 1 aliphatic heterocycles. The Morgan fingerprint density at radius 1 is 1.16 bits per heavy atom. The van der Waals surface area contributed by atoms with Gasteiger partial charge >= 0.3 is 0 Å². The molecule has 3 rings (SSSR count). The van der Waals surface area contributed by atoms with Crippen molar-refractivity contribution in [2.75, 3.05) is 23.3 Å². The van der Waals surface area contributed by atoms with Gasteiger partial charge in [0, 0.05) is 19.5 Å². The molecule has 25 heavy (non-hydrogen) atoms. The summed E-state index contributed by atoms with van der Waals surface area (Å²) < 4.78 is 0. The molecule has 1 fully saturated rings. The number of aromatic nitrogens is 1. The summed E-state index contributed by atoms with van der Waals surface area (Å²) in [5.74, 6) is 1.84. The molecule has 0 aliphatic carbocycles. The van der Waals surface area contributed by atoms with Crippen LogP contribution in [0.15, 0.2) is 42.6 Å². The molecule has 2 heterocycles. The zero-order chi connectivity index (χ0) is 17.6. The summed E-state index contributed by atoms with van der Waals surface area (Å²) >= 11 is 0. The standard InChI is InChI=1S/C21H27N3O/c1-16-3-5-18(6-4-16)7-10-21(25)23-19-8-9-20(22-15-19)24-13-11-17(2)12-14-24/h3-6,8-9,15,17H,7,10-14H2,1-2H3,(H,23,25). The average Bonchev–Trinajstić information content (AvgIpc) is 2.63. The Hall–Kier alpha value is -2.36. The molecule has 0 saturated carbocycles. The van der Waals surface area contributed by atoms with Gasteiger partial charge in [0.1, 0.15) is 5.82 Å². The summed E-state index contributed by atoms with van der Waals surface area (Å²) in [4.78, 5) is 19.0. The first-order valence-electron chi connectivity index (χ1n) is 9.16. The van der Waals surface area contributed by atoms with E-state index < -0.39 is 0 Å². The average molecular weight is 337 g/mol. The Bertz CT molecular complexity index is 686. The summed E-state index contributed by atoms with van der Waals surface area (Å²) in [5, 5.41) is 2.94. The zero-order valence-corrected chi connectivity index (χ0v) is 15.2. The van der Waals surface area contributed by atoms with E-state index in [-0.39, 0.29) is 5.91 Å². The van der Waals surface area contributed by atoms with Crippen molar-refractivity contribution < 1.29 is 4.79 Å². The monoisotopic (exact) mass is 337 g/mol. The van der Waals surface area contributed by atoms with E-state index in [1.54, 1.807) is 6.20 Å². The molecule has 1 aromatic heterocycles. The molecule has 1 amide bonds. The molecule has 1 aromatic carbocycles. The van der Waals surface area contributed by atoms with Crippen molar-refractivity contribution in [1.82, 2.24) is 4.98 Å². The number of carbonyl (C=O) groups is 1. The van der Waals surface area contributed by atoms with E-state index in [1.807, 2.05) is 12.1 Å². The van der Waals surface area contributed by atoms with Gasteiger partial charge in [-0.1, -0.05) is 36.8 Å². The molecule has 2 aromatic rings. The van der Waals surface area contributed by atoms with Gasteiger partial charge in [0.2, 0.25) is 5.91 Å². The van der Waals surface area contributed by atoms with Crippen molar-refractivity contribution in [3.8, 4) is 0 Å². The maximum absolute atomic E-state index is 12.1. The van der Waals surface area contributed by atoms with E-state index in [4.69, 9.17) is 0 Å². The summed E-state index contributed by atoms with van der Waals surface area (Å²) in [6.07, 6.45) is 5.44. The third-order valence-corrected chi connectivity index (χ3v) is 4.90. The minimum absolute atomic E-state index is 0.0296. The molecular formula is C21H27N3O. The highest BCUT2D eigenvalue weighted by atomic mass is 16.1. The predicted molar refractivity (Wildman–Crippen MR) is 103 cm³/mol. The molecule has 0 atom stereocenters. The maximum atomic E-state index is 12.1. The van der Waals surface area contributed by atoms with Gasteiger partial charge in [-0.3, -0.25) is 4.79 Å². The van der Waals surface area contributed by atoms with Gasteiger partial charge in [-0.15, -0.1) is 0 Å². The third kappa shape index (κ3) is 5.05. The molecule has 4 heteroatoms. The summed E-state index contributed by atoms with van der Waals surface area (Å²) in [6.45, 7) is 6.50. The second kappa shape index (κ2) is 8.15. The van der Waals surface area contributed by atoms with Gasteiger partial charge in [0.25, 0.3) is 0 Å². The van der Waals surface area contributed by atoms with Crippen LogP contribution in [0.1, 0.15) is 37.3 Å². The highest BCUT2D eigenvalue weighted by Gasteiger charge is 2.16. The molecule has 1 aliphatic rings. The van der Waals surface area contributed by atoms with Crippen molar-refractivity contribution in [1.29, 1.82) is 0 Å². The molecule has 4 nitrogen and oxygen atoms in total. The normalized spacial score (nSPS) is 15.2. The van der Waals surface area contributed by atoms with Crippen LogP contribution in [-0.4, -0.2) is 24.0 Å². The van der Waals surface area contributed by atoms with Crippen LogP contribution in [0.2, 0.25) is 0 Å². The number of rotatable bonds is 5. The second-order valence-electron chi connectivity index (χ2n) is 7.11. The van der Waals surface area contributed by atoms with E-state index in [9.17, 15) is 4.79 Å². The Labute approximate surface area is 150 Å². The van der Waals surface area contributed by atoms with Crippen LogP contribution in [0.25, 0.3) is 0 Å². The number of anilines is 2. The van der Waals surface area contributed by atoms with E-state index in [0.717, 1.165) is 36.9 Å². The number of nitrogens with zero attached hydrogens (tertiary/aromatic N) is 2. The first kappa shape index (κ1) is 17.5. The molecule has 0 spiro atoms. The first-order valence-corrected chi connectivity index (χ1v) is 9.16. The third-order valence-electron chi connectivity index (χ3n) is 4.90. The molecule has 1 saturated heterocycles. The van der Waals surface area contributed by atoms with Crippen molar-refractivity contribution in [2.24, 2.45) is 5.92 Å². The Kier molecular flexibility index (Phi) is 5.69. The number of amides is 1. The maximum Gasteiger partial charge on any atom is 0.224 e. The SMILES string of the molecule is Cc1ccc(CCC(=O)Nc2ccc(N3CCC(C)CC3)nc2)cc1. The Balaban J connectivity index is 1.49. The van der Waals surface area contributed by atoms with Crippen LogP contribution in [-0.2, 0) is 11.2 Å². The second-order valence-corrected chi connectivity index (χ2v) is 7.11. The van der Waals surface area contributed by atoms with Crippen LogP contribution >= 0.6 is 0 Å². The van der Waals surface area contributed by atoms with E-state index in [2.05, 4.69) is 53.3 Å². The number of carbonyl (C=O) groups excluding carboxylic acids is 1. The van der Waals surface area contributed by atoms with Crippen LogP contribution in [0.4, 0.5) is 11.5 Å². The van der Waals surface area contributed by atoms with Crippen molar-refractivity contribution >= 4 is 17.4 Å². The van der Waals surface area contributed by atoms with Gasteiger partial charge in [0.05, 0.1) is 11.9 Å². The minimum Gasteiger partial charge on any atom is -0.357 e. The molecular weight excluding hydrogens is 310 g/mol. The first-order chi connectivity index (χ1) is 12.1. The Morgan fingerprint density at radius 2 is 1.88 bits per heavy atom. The topological polar surface area (TPSA) is 45.2 Å². The predicted octanol–water partition coefficient (Wildman–Crippen LogP) is 4.20. The van der Waals surface area contributed by atoms with Gasteiger partial charge < -0.3 is 10.2 Å². The van der Waals surface area contributed by atoms with E-state index >= 15 is 0 Å². The lowest BCUT2D eigenvalue weighted by Gasteiger charge is -2.31. The fraction of sp³-hybridized carbons (Fsp3) is 0.429. The molecule has 132 valence electrons. The Morgan fingerprint density at radius 3 is 2.52 bits per heavy atom. The van der Waals surface area contributed by atoms with Gasteiger partial charge in [0.15, 0.2) is 0 Å². The van der Waals surface area contributed by atoms with Crippen LogP contribution in [0, 0.1) is 12.8 Å². The largest absolute Gasteiger partial charge is 0.357 e. The number of aryl methyl sites for hydroxylation is 2. The number of piperidine rings is 1. The van der Waals surface area contributed by atoms with Gasteiger partial charge in [-0.25, -0.2) is 4.98 Å². The number of benzene rings is 1. The highest BCUT2D eigenvalue weighted by molar-refractivity contribution is 5.90. The molecule has 0 unspecified atom stereocenters. The quantitative estimate of drug-likeness (QED) is 0.889. The van der Waals surface area contributed by atoms with Crippen molar-refractivity contribution in [3.63, 3.8) is 0 Å². The van der Waals surface area contributed by atoms with E-state index in [0.29, 0.717) is 6.42 Å². The van der Waals surface area contributed by atoms with E-state index in [1.165, 1.54) is 24.0 Å². The van der Waals surface area contributed by atoms with Crippen LogP contribution < -0.4 is 10.2 Å². The van der Waals surface area contributed by atoms with Crippen molar-refractivity contribution in [2.45, 2.75) is 39.5 Å². The zero-order valence-electron chi connectivity index (χ0n) is 15.2. The molecule has 1 N–H and O–H groups in total. The number of hydrogen-bond donors (Lipinski definition) is 1.